The lowest BCUT2D eigenvalue weighted by molar-refractivity contribution is 0.102. The topological polar surface area (TPSA) is 42.0 Å². The van der Waals surface area contributed by atoms with Gasteiger partial charge in [0.1, 0.15) is 5.82 Å². The van der Waals surface area contributed by atoms with E-state index in [2.05, 4.69) is 26.2 Å². The van der Waals surface area contributed by atoms with Crippen LogP contribution in [0.15, 0.2) is 41.0 Å². The second-order valence-corrected chi connectivity index (χ2v) is 4.30. The molecule has 2 rings (SSSR count). The second-order valence-electron chi connectivity index (χ2n) is 3.45. The van der Waals surface area contributed by atoms with Crippen LogP contribution in [0.5, 0.6) is 0 Å². The van der Waals surface area contributed by atoms with Crippen LogP contribution < -0.4 is 5.32 Å². The van der Waals surface area contributed by atoms with E-state index in [0.29, 0.717) is 5.69 Å². The monoisotopic (exact) mass is 312 g/mol. The van der Waals surface area contributed by atoms with Crippen molar-refractivity contribution in [3.05, 3.63) is 58.3 Å². The van der Waals surface area contributed by atoms with Gasteiger partial charge < -0.3 is 5.32 Å². The summed E-state index contributed by atoms with van der Waals surface area (Å²) in [6.07, 6.45) is 1.20. The summed E-state index contributed by atoms with van der Waals surface area (Å²) in [6.45, 7) is 0. The first kappa shape index (κ1) is 12.6. The standard InChI is InChI=1S/C12H7BrF2N2O/c13-9-6-8(1-2-10(9)14)17-12(18)7-3-4-16-11(15)5-7/h1-6H,(H,17,18). The van der Waals surface area contributed by atoms with Crippen molar-refractivity contribution in [2.75, 3.05) is 5.32 Å². The summed E-state index contributed by atoms with van der Waals surface area (Å²) in [5.74, 6) is -1.65. The maximum absolute atomic E-state index is 13.0. The lowest BCUT2D eigenvalue weighted by Crippen LogP contribution is -2.12. The molecule has 0 aliphatic rings. The van der Waals surface area contributed by atoms with E-state index in [1.54, 1.807) is 0 Å². The van der Waals surface area contributed by atoms with Crippen molar-refractivity contribution in [1.82, 2.24) is 4.98 Å². The van der Waals surface area contributed by atoms with Gasteiger partial charge in [0.05, 0.1) is 4.47 Å². The Morgan fingerprint density at radius 3 is 2.67 bits per heavy atom. The number of anilines is 1. The smallest absolute Gasteiger partial charge is 0.255 e. The molecule has 0 unspecified atom stereocenters. The Bertz CT molecular complexity index is 604. The minimum Gasteiger partial charge on any atom is -0.322 e. The van der Waals surface area contributed by atoms with Crippen LogP contribution in [0.3, 0.4) is 0 Å². The lowest BCUT2D eigenvalue weighted by atomic mass is 10.2. The Labute approximate surface area is 110 Å². The third-order valence-electron chi connectivity index (χ3n) is 2.17. The van der Waals surface area contributed by atoms with Gasteiger partial charge in [-0.1, -0.05) is 0 Å². The fraction of sp³-hybridized carbons (Fsp3) is 0. The molecule has 0 saturated heterocycles. The van der Waals surface area contributed by atoms with Gasteiger partial charge >= 0.3 is 0 Å². The Balaban J connectivity index is 2.18. The number of carbonyl (C=O) groups excluding carboxylic acids is 1. The molecule has 1 heterocycles. The number of halogens is 3. The van der Waals surface area contributed by atoms with E-state index in [4.69, 9.17) is 0 Å². The molecule has 0 radical (unpaired) electrons. The van der Waals surface area contributed by atoms with Gasteiger partial charge in [-0.15, -0.1) is 0 Å². The van der Waals surface area contributed by atoms with E-state index in [0.717, 1.165) is 6.07 Å². The molecule has 0 atom stereocenters. The molecule has 2 aromatic rings. The Morgan fingerprint density at radius 2 is 2.00 bits per heavy atom. The van der Waals surface area contributed by atoms with Gasteiger partial charge in [-0.2, -0.15) is 4.39 Å². The molecule has 0 spiro atoms. The minimum absolute atomic E-state index is 0.142. The van der Waals surface area contributed by atoms with Crippen molar-refractivity contribution >= 4 is 27.5 Å². The van der Waals surface area contributed by atoms with Gasteiger partial charge in [0.25, 0.3) is 5.91 Å². The zero-order valence-corrected chi connectivity index (χ0v) is 10.5. The first-order valence-corrected chi connectivity index (χ1v) is 5.73. The van der Waals surface area contributed by atoms with E-state index in [1.165, 1.54) is 30.5 Å². The van der Waals surface area contributed by atoms with Gasteiger partial charge in [0.2, 0.25) is 5.95 Å². The number of rotatable bonds is 2. The molecule has 0 aliphatic carbocycles. The SMILES string of the molecule is O=C(Nc1ccc(F)c(Br)c1)c1ccnc(F)c1. The van der Waals surface area contributed by atoms with Crippen LogP contribution in [0.2, 0.25) is 0 Å². The number of benzene rings is 1. The summed E-state index contributed by atoms with van der Waals surface area (Å²) in [7, 11) is 0. The van der Waals surface area contributed by atoms with Crippen LogP contribution in [0.25, 0.3) is 0 Å². The molecule has 6 heteroatoms. The highest BCUT2D eigenvalue weighted by atomic mass is 79.9. The predicted molar refractivity (Wildman–Crippen MR) is 66.2 cm³/mol. The predicted octanol–water partition coefficient (Wildman–Crippen LogP) is 3.37. The molecule has 3 nitrogen and oxygen atoms in total. The van der Waals surface area contributed by atoms with Crippen molar-refractivity contribution in [2.24, 2.45) is 0 Å². The van der Waals surface area contributed by atoms with E-state index in [-0.39, 0.29) is 10.0 Å². The molecule has 0 bridgehead atoms. The van der Waals surface area contributed by atoms with Crippen LogP contribution in [0, 0.1) is 11.8 Å². The molecule has 0 aliphatic heterocycles. The van der Waals surface area contributed by atoms with Crippen LogP contribution in [0.4, 0.5) is 14.5 Å². The van der Waals surface area contributed by atoms with Gasteiger partial charge in [-0.3, -0.25) is 4.79 Å². The van der Waals surface area contributed by atoms with E-state index in [1.807, 2.05) is 0 Å². The summed E-state index contributed by atoms with van der Waals surface area (Å²) in [5, 5.41) is 2.52. The average molecular weight is 313 g/mol. The van der Waals surface area contributed by atoms with Crippen LogP contribution in [-0.2, 0) is 0 Å². The summed E-state index contributed by atoms with van der Waals surface area (Å²) < 4.78 is 26.1. The van der Waals surface area contributed by atoms with E-state index >= 15 is 0 Å². The fourth-order valence-corrected chi connectivity index (χ4v) is 1.70. The van der Waals surface area contributed by atoms with Crippen LogP contribution in [0.1, 0.15) is 10.4 Å². The normalized spacial score (nSPS) is 10.2. The first-order chi connectivity index (χ1) is 8.56. The van der Waals surface area contributed by atoms with E-state index < -0.39 is 17.7 Å². The number of nitrogens with zero attached hydrogens (tertiary/aromatic N) is 1. The number of amides is 1. The average Bonchev–Trinajstić information content (AvgIpc) is 2.34. The number of aromatic nitrogens is 1. The molecule has 1 amide bonds. The lowest BCUT2D eigenvalue weighted by Gasteiger charge is -2.06. The second kappa shape index (κ2) is 5.22. The van der Waals surface area contributed by atoms with Crippen molar-refractivity contribution in [3.8, 4) is 0 Å². The minimum atomic E-state index is -0.733. The summed E-state index contributed by atoms with van der Waals surface area (Å²) in [5.41, 5.74) is 0.549. The summed E-state index contributed by atoms with van der Waals surface area (Å²) in [6, 6.07) is 6.46. The van der Waals surface area contributed by atoms with Gasteiger partial charge in [-0.25, -0.2) is 9.37 Å². The third kappa shape index (κ3) is 2.89. The van der Waals surface area contributed by atoms with Gasteiger partial charge in [-0.05, 0) is 40.2 Å². The molecule has 1 aromatic carbocycles. The summed E-state index contributed by atoms with van der Waals surface area (Å²) in [4.78, 5) is 15.1. The maximum Gasteiger partial charge on any atom is 0.255 e. The molecule has 1 N–H and O–H groups in total. The van der Waals surface area contributed by atoms with Crippen molar-refractivity contribution in [2.45, 2.75) is 0 Å². The van der Waals surface area contributed by atoms with Crippen LogP contribution >= 0.6 is 15.9 Å². The highest BCUT2D eigenvalue weighted by Gasteiger charge is 2.08. The van der Waals surface area contributed by atoms with Gasteiger partial charge in [0.15, 0.2) is 0 Å². The Morgan fingerprint density at radius 1 is 1.22 bits per heavy atom. The largest absolute Gasteiger partial charge is 0.322 e. The number of nitrogens with one attached hydrogen (secondary N) is 1. The zero-order chi connectivity index (χ0) is 13.1. The third-order valence-corrected chi connectivity index (χ3v) is 2.77. The fourth-order valence-electron chi connectivity index (χ4n) is 1.32. The Hall–Kier alpha value is -1.82. The number of hydrogen-bond acceptors (Lipinski definition) is 2. The van der Waals surface area contributed by atoms with Crippen molar-refractivity contribution in [3.63, 3.8) is 0 Å². The first-order valence-electron chi connectivity index (χ1n) is 4.94. The van der Waals surface area contributed by atoms with Crippen LogP contribution in [-0.4, -0.2) is 10.9 Å². The molecule has 0 saturated carbocycles. The highest BCUT2D eigenvalue weighted by molar-refractivity contribution is 9.10. The number of carbonyl (C=O) groups is 1. The van der Waals surface area contributed by atoms with Gasteiger partial charge in [0, 0.05) is 23.5 Å². The number of pyridine rings is 1. The van der Waals surface area contributed by atoms with Crippen molar-refractivity contribution < 1.29 is 13.6 Å². The van der Waals surface area contributed by atoms with E-state index in [9.17, 15) is 13.6 Å². The molecule has 1 aromatic heterocycles. The van der Waals surface area contributed by atoms with Crippen molar-refractivity contribution in [1.29, 1.82) is 0 Å². The molecular formula is C12H7BrF2N2O. The quantitative estimate of drug-likeness (QED) is 0.864. The Kier molecular flexibility index (Phi) is 3.66. The molecular weight excluding hydrogens is 306 g/mol. The zero-order valence-electron chi connectivity index (χ0n) is 8.95. The molecule has 0 fully saturated rings. The molecule has 92 valence electrons. The highest BCUT2D eigenvalue weighted by Crippen LogP contribution is 2.20. The number of hydrogen-bond donors (Lipinski definition) is 1. The maximum atomic E-state index is 13.0. The summed E-state index contributed by atoms with van der Waals surface area (Å²) >= 11 is 3.01. The molecule has 18 heavy (non-hydrogen) atoms.